The van der Waals surface area contributed by atoms with Gasteiger partial charge in [0, 0.05) is 43.3 Å². The molecule has 0 spiro atoms. The summed E-state index contributed by atoms with van der Waals surface area (Å²) in [5.41, 5.74) is 2.70. The van der Waals surface area contributed by atoms with Gasteiger partial charge in [-0.2, -0.15) is 5.10 Å². The van der Waals surface area contributed by atoms with Crippen molar-refractivity contribution in [3.8, 4) is 5.69 Å². The Morgan fingerprint density at radius 2 is 2.00 bits per heavy atom. The SMILES string of the molecule is O=C(/C=C/c1cnn(-c2ccccc2)c1)N(CCO)Cc1cccnc1. The van der Waals surface area contributed by atoms with Crippen LogP contribution in [0, 0.1) is 0 Å². The maximum Gasteiger partial charge on any atom is 0.246 e. The van der Waals surface area contributed by atoms with Crippen molar-refractivity contribution >= 4 is 12.0 Å². The number of carbonyl (C=O) groups is 1. The van der Waals surface area contributed by atoms with Gasteiger partial charge >= 0.3 is 0 Å². The molecule has 0 saturated carbocycles. The van der Waals surface area contributed by atoms with Gasteiger partial charge in [0.2, 0.25) is 5.91 Å². The molecule has 2 heterocycles. The highest BCUT2D eigenvalue weighted by Crippen LogP contribution is 2.10. The van der Waals surface area contributed by atoms with Crippen molar-refractivity contribution in [2.45, 2.75) is 6.54 Å². The van der Waals surface area contributed by atoms with E-state index < -0.39 is 0 Å². The van der Waals surface area contributed by atoms with Gasteiger partial charge < -0.3 is 10.0 Å². The monoisotopic (exact) mass is 348 g/mol. The number of benzene rings is 1. The Hall–Kier alpha value is -3.25. The van der Waals surface area contributed by atoms with E-state index in [-0.39, 0.29) is 19.1 Å². The summed E-state index contributed by atoms with van der Waals surface area (Å²) in [7, 11) is 0. The van der Waals surface area contributed by atoms with E-state index in [0.29, 0.717) is 6.54 Å². The molecule has 1 N–H and O–H groups in total. The molecule has 6 heteroatoms. The number of carbonyl (C=O) groups excluding carboxylic acids is 1. The maximum absolute atomic E-state index is 12.5. The summed E-state index contributed by atoms with van der Waals surface area (Å²) in [6.07, 6.45) is 10.2. The van der Waals surface area contributed by atoms with Gasteiger partial charge in [0.1, 0.15) is 0 Å². The average molecular weight is 348 g/mol. The molecule has 1 aromatic carbocycles. The third-order valence-electron chi connectivity index (χ3n) is 3.82. The molecule has 0 fully saturated rings. The molecule has 132 valence electrons. The van der Waals surface area contributed by atoms with Crippen LogP contribution in [0.5, 0.6) is 0 Å². The molecule has 2 aromatic heterocycles. The van der Waals surface area contributed by atoms with Gasteiger partial charge in [-0.3, -0.25) is 9.78 Å². The summed E-state index contributed by atoms with van der Waals surface area (Å²) < 4.78 is 1.76. The zero-order valence-corrected chi connectivity index (χ0v) is 14.3. The number of nitrogens with zero attached hydrogens (tertiary/aromatic N) is 4. The van der Waals surface area contributed by atoms with Crippen LogP contribution in [0.4, 0.5) is 0 Å². The first-order valence-corrected chi connectivity index (χ1v) is 8.33. The molecule has 0 unspecified atom stereocenters. The van der Waals surface area contributed by atoms with Gasteiger partial charge in [-0.15, -0.1) is 0 Å². The van der Waals surface area contributed by atoms with Crippen molar-refractivity contribution < 1.29 is 9.90 Å². The lowest BCUT2D eigenvalue weighted by atomic mass is 10.2. The quantitative estimate of drug-likeness (QED) is 0.665. The van der Waals surface area contributed by atoms with Crippen LogP contribution in [-0.4, -0.2) is 43.8 Å². The first-order valence-electron chi connectivity index (χ1n) is 8.33. The Morgan fingerprint density at radius 1 is 1.15 bits per heavy atom. The second-order valence-electron chi connectivity index (χ2n) is 5.73. The Kier molecular flexibility index (Phi) is 5.90. The van der Waals surface area contributed by atoms with Crippen LogP contribution in [0.25, 0.3) is 11.8 Å². The van der Waals surface area contributed by atoms with Crippen LogP contribution in [0.15, 0.2) is 73.3 Å². The molecule has 3 aromatic rings. The fraction of sp³-hybridized carbons (Fsp3) is 0.150. The highest BCUT2D eigenvalue weighted by molar-refractivity contribution is 5.91. The normalized spacial score (nSPS) is 11.0. The minimum absolute atomic E-state index is 0.0915. The summed E-state index contributed by atoms with van der Waals surface area (Å²) in [5.74, 6) is -0.171. The van der Waals surface area contributed by atoms with Crippen LogP contribution in [0.1, 0.15) is 11.1 Å². The lowest BCUT2D eigenvalue weighted by Gasteiger charge is -2.19. The Bertz CT molecular complexity index is 860. The van der Waals surface area contributed by atoms with E-state index in [4.69, 9.17) is 0 Å². The number of amides is 1. The number of aliphatic hydroxyl groups excluding tert-OH is 1. The first kappa shape index (κ1) is 17.6. The highest BCUT2D eigenvalue weighted by Gasteiger charge is 2.11. The summed E-state index contributed by atoms with van der Waals surface area (Å²) in [6, 6.07) is 13.5. The largest absolute Gasteiger partial charge is 0.395 e. The molecule has 0 aliphatic carbocycles. The van der Waals surface area contributed by atoms with Crippen LogP contribution in [0.3, 0.4) is 0 Å². The lowest BCUT2D eigenvalue weighted by Crippen LogP contribution is -2.31. The molecule has 3 rings (SSSR count). The first-order chi connectivity index (χ1) is 12.8. The summed E-state index contributed by atoms with van der Waals surface area (Å²) in [5, 5.41) is 13.5. The number of aromatic nitrogens is 3. The molecule has 0 atom stereocenters. The van der Waals surface area contributed by atoms with E-state index in [1.807, 2.05) is 48.7 Å². The standard InChI is InChI=1S/C20H20N4O2/c25-12-11-23(15-17-5-4-10-21-13-17)20(26)9-8-18-14-22-24(16-18)19-6-2-1-3-7-19/h1-10,13-14,16,25H,11-12,15H2/b9-8+. The minimum atomic E-state index is -0.171. The van der Waals surface area contributed by atoms with Crippen molar-refractivity contribution in [2.24, 2.45) is 0 Å². The molecular formula is C20H20N4O2. The van der Waals surface area contributed by atoms with Gasteiger partial charge in [0.15, 0.2) is 0 Å². The van der Waals surface area contributed by atoms with Crippen molar-refractivity contribution in [3.05, 3.63) is 84.5 Å². The zero-order valence-electron chi connectivity index (χ0n) is 14.3. The number of pyridine rings is 1. The smallest absolute Gasteiger partial charge is 0.246 e. The number of aliphatic hydroxyl groups is 1. The van der Waals surface area contributed by atoms with Gasteiger partial charge in [-0.25, -0.2) is 4.68 Å². The third kappa shape index (κ3) is 4.64. The Morgan fingerprint density at radius 3 is 2.73 bits per heavy atom. The van der Waals surface area contributed by atoms with Crippen molar-refractivity contribution in [2.75, 3.05) is 13.2 Å². The van der Waals surface area contributed by atoms with E-state index in [0.717, 1.165) is 16.8 Å². The molecule has 1 amide bonds. The summed E-state index contributed by atoms with van der Waals surface area (Å²) >= 11 is 0. The van der Waals surface area contributed by atoms with E-state index in [2.05, 4.69) is 10.1 Å². The number of hydrogen-bond donors (Lipinski definition) is 1. The molecule has 26 heavy (non-hydrogen) atoms. The average Bonchev–Trinajstić information content (AvgIpc) is 3.16. The number of para-hydroxylation sites is 1. The van der Waals surface area contributed by atoms with Gasteiger partial charge in [-0.05, 0) is 29.8 Å². The van der Waals surface area contributed by atoms with Crippen LogP contribution in [0.2, 0.25) is 0 Å². The predicted octanol–water partition coefficient (Wildman–Crippen LogP) is 2.30. The molecule has 0 bridgehead atoms. The summed E-state index contributed by atoms with van der Waals surface area (Å²) in [6.45, 7) is 0.577. The fourth-order valence-electron chi connectivity index (χ4n) is 2.52. The van der Waals surface area contributed by atoms with Crippen molar-refractivity contribution in [1.29, 1.82) is 0 Å². The predicted molar refractivity (Wildman–Crippen MR) is 99.3 cm³/mol. The second kappa shape index (κ2) is 8.73. The molecule has 0 saturated heterocycles. The molecule has 0 radical (unpaired) electrons. The Labute approximate surface area is 152 Å². The van der Waals surface area contributed by atoms with Crippen LogP contribution < -0.4 is 0 Å². The molecule has 0 aliphatic heterocycles. The lowest BCUT2D eigenvalue weighted by molar-refractivity contribution is -0.127. The number of hydrogen-bond acceptors (Lipinski definition) is 4. The van der Waals surface area contributed by atoms with Crippen molar-refractivity contribution in [1.82, 2.24) is 19.7 Å². The van der Waals surface area contributed by atoms with E-state index in [9.17, 15) is 9.90 Å². The number of rotatable bonds is 7. The Balaban J connectivity index is 1.68. The third-order valence-corrected chi connectivity index (χ3v) is 3.82. The van der Waals surface area contributed by atoms with Crippen molar-refractivity contribution in [3.63, 3.8) is 0 Å². The van der Waals surface area contributed by atoms with Gasteiger partial charge in [0.05, 0.1) is 18.5 Å². The zero-order chi connectivity index (χ0) is 18.2. The van der Waals surface area contributed by atoms with Gasteiger partial charge in [-0.1, -0.05) is 24.3 Å². The molecular weight excluding hydrogens is 328 g/mol. The minimum Gasteiger partial charge on any atom is -0.395 e. The maximum atomic E-state index is 12.5. The molecule has 0 aliphatic rings. The second-order valence-corrected chi connectivity index (χ2v) is 5.73. The topological polar surface area (TPSA) is 71.2 Å². The fourth-order valence-corrected chi connectivity index (χ4v) is 2.52. The van der Waals surface area contributed by atoms with Gasteiger partial charge in [0.25, 0.3) is 0 Å². The van der Waals surface area contributed by atoms with Crippen LogP contribution >= 0.6 is 0 Å². The van der Waals surface area contributed by atoms with Crippen LogP contribution in [-0.2, 0) is 11.3 Å². The van der Waals surface area contributed by atoms with E-state index in [1.165, 1.54) is 6.08 Å². The highest BCUT2D eigenvalue weighted by atomic mass is 16.3. The summed E-state index contributed by atoms with van der Waals surface area (Å²) in [4.78, 5) is 18.1. The van der Waals surface area contributed by atoms with E-state index in [1.54, 1.807) is 34.2 Å². The van der Waals surface area contributed by atoms with E-state index >= 15 is 0 Å². The molecule has 6 nitrogen and oxygen atoms in total.